The van der Waals surface area contributed by atoms with Crippen LogP contribution in [0.3, 0.4) is 0 Å². The molecule has 0 bridgehead atoms. The minimum atomic E-state index is -0.600. The molecule has 0 N–H and O–H groups in total. The van der Waals surface area contributed by atoms with E-state index < -0.39 is 5.60 Å². The second-order valence-corrected chi connectivity index (χ2v) is 6.02. The van der Waals surface area contributed by atoms with Crippen LogP contribution in [0.1, 0.15) is 52.9 Å². The molecule has 2 unspecified atom stereocenters. The van der Waals surface area contributed by atoms with Gasteiger partial charge in [-0.3, -0.25) is 4.79 Å². The zero-order valence-corrected chi connectivity index (χ0v) is 13.1. The van der Waals surface area contributed by atoms with Crippen molar-refractivity contribution in [2.75, 3.05) is 26.4 Å². The van der Waals surface area contributed by atoms with Crippen LogP contribution in [-0.2, 0) is 19.0 Å². The molecule has 2 fully saturated rings. The van der Waals surface area contributed by atoms with Gasteiger partial charge in [0.25, 0.3) is 0 Å². The molecule has 0 aromatic carbocycles. The number of hydrogen-bond donors (Lipinski definition) is 0. The predicted molar refractivity (Wildman–Crippen MR) is 76.8 cm³/mol. The Kier molecular flexibility index (Phi) is 5.21. The van der Waals surface area contributed by atoms with Crippen LogP contribution in [0.2, 0.25) is 0 Å². The van der Waals surface area contributed by atoms with Gasteiger partial charge in [0.2, 0.25) is 0 Å². The Morgan fingerprint density at radius 2 is 2.05 bits per heavy atom. The van der Waals surface area contributed by atoms with Crippen LogP contribution < -0.4 is 0 Å². The van der Waals surface area contributed by atoms with Gasteiger partial charge in [-0.2, -0.15) is 0 Å². The number of carbonyl (C=O) groups excluding carboxylic acids is 1. The third-order valence-electron chi connectivity index (χ3n) is 4.94. The highest BCUT2D eigenvalue weighted by atomic mass is 16.6. The van der Waals surface area contributed by atoms with Crippen LogP contribution in [0.25, 0.3) is 0 Å². The highest BCUT2D eigenvalue weighted by Crippen LogP contribution is 2.39. The summed E-state index contributed by atoms with van der Waals surface area (Å²) >= 11 is 0. The van der Waals surface area contributed by atoms with Crippen molar-refractivity contribution >= 4 is 5.78 Å². The van der Waals surface area contributed by atoms with Gasteiger partial charge in [-0.25, -0.2) is 0 Å². The molecule has 0 aromatic heterocycles. The van der Waals surface area contributed by atoms with Crippen molar-refractivity contribution in [3.8, 4) is 0 Å². The maximum Gasteiger partial charge on any atom is 0.167 e. The van der Waals surface area contributed by atoms with E-state index in [1.54, 1.807) is 0 Å². The molecule has 2 atom stereocenters. The lowest BCUT2D eigenvalue weighted by atomic mass is 9.76. The first-order valence-electron chi connectivity index (χ1n) is 8.01. The standard InChI is InChI=1S/C16H28O4/c1-4-16(5-2,19-6-3)14(17)13-7-9-20-15(11-13)8-10-18-12-15/h13H,4-12H2,1-3H3. The molecule has 4 nitrogen and oxygen atoms in total. The van der Waals surface area contributed by atoms with Crippen molar-refractivity contribution in [1.29, 1.82) is 0 Å². The Morgan fingerprint density at radius 3 is 2.60 bits per heavy atom. The summed E-state index contributed by atoms with van der Waals surface area (Å²) in [7, 11) is 0. The molecule has 4 heteroatoms. The van der Waals surface area contributed by atoms with Crippen LogP contribution >= 0.6 is 0 Å². The molecule has 0 aromatic rings. The Morgan fingerprint density at radius 1 is 1.30 bits per heavy atom. The SMILES string of the molecule is CCOC(CC)(CC)C(=O)C1CCOC2(CCOC2)C1. The monoisotopic (exact) mass is 284 g/mol. The molecule has 0 aliphatic carbocycles. The van der Waals surface area contributed by atoms with Crippen molar-refractivity contribution < 1.29 is 19.0 Å². The lowest BCUT2D eigenvalue weighted by molar-refractivity contribution is -0.160. The van der Waals surface area contributed by atoms with E-state index in [9.17, 15) is 4.79 Å². The number of carbonyl (C=O) groups is 1. The fourth-order valence-corrected chi connectivity index (χ4v) is 3.64. The molecule has 116 valence electrons. The summed E-state index contributed by atoms with van der Waals surface area (Å²) in [5, 5.41) is 0. The smallest absolute Gasteiger partial charge is 0.167 e. The lowest BCUT2D eigenvalue weighted by Gasteiger charge is -2.40. The van der Waals surface area contributed by atoms with Gasteiger partial charge in [0.15, 0.2) is 5.78 Å². The van der Waals surface area contributed by atoms with Gasteiger partial charge in [0.1, 0.15) is 5.60 Å². The summed E-state index contributed by atoms with van der Waals surface area (Å²) in [6.07, 6.45) is 4.01. The summed E-state index contributed by atoms with van der Waals surface area (Å²) in [5.41, 5.74) is -0.810. The molecule has 0 saturated carbocycles. The van der Waals surface area contributed by atoms with E-state index in [2.05, 4.69) is 0 Å². The fraction of sp³-hybridized carbons (Fsp3) is 0.938. The van der Waals surface area contributed by atoms with Crippen LogP contribution in [0.5, 0.6) is 0 Å². The molecule has 20 heavy (non-hydrogen) atoms. The highest BCUT2D eigenvalue weighted by Gasteiger charge is 2.47. The quantitative estimate of drug-likeness (QED) is 0.752. The molecule has 1 spiro atoms. The predicted octanol–water partition coefficient (Wildman–Crippen LogP) is 2.74. The van der Waals surface area contributed by atoms with Crippen molar-refractivity contribution in [3.63, 3.8) is 0 Å². The maximum absolute atomic E-state index is 13.0. The molecule has 2 aliphatic heterocycles. The number of ketones is 1. The Hall–Kier alpha value is -0.450. The van der Waals surface area contributed by atoms with Gasteiger partial charge in [0.05, 0.1) is 12.2 Å². The van der Waals surface area contributed by atoms with E-state index in [1.807, 2.05) is 20.8 Å². The second kappa shape index (κ2) is 6.54. The van der Waals surface area contributed by atoms with Gasteiger partial charge in [-0.15, -0.1) is 0 Å². The van der Waals surface area contributed by atoms with E-state index in [0.29, 0.717) is 19.8 Å². The second-order valence-electron chi connectivity index (χ2n) is 6.02. The lowest BCUT2D eigenvalue weighted by Crippen LogP contribution is -2.50. The molecular formula is C16H28O4. The third kappa shape index (κ3) is 2.92. The Bertz CT molecular complexity index is 329. The van der Waals surface area contributed by atoms with Crippen LogP contribution in [0.15, 0.2) is 0 Å². The fourth-order valence-electron chi connectivity index (χ4n) is 3.64. The molecule has 2 saturated heterocycles. The summed E-state index contributed by atoms with van der Waals surface area (Å²) in [4.78, 5) is 13.0. The van der Waals surface area contributed by atoms with Crippen molar-refractivity contribution in [3.05, 3.63) is 0 Å². The molecular weight excluding hydrogens is 256 g/mol. The first-order chi connectivity index (χ1) is 9.61. The summed E-state index contributed by atoms with van der Waals surface area (Å²) in [6, 6.07) is 0. The Labute approximate surface area is 122 Å². The number of Topliss-reactive ketones (excluding diaryl/α,β-unsaturated/α-hetero) is 1. The van der Waals surface area contributed by atoms with Crippen LogP contribution in [-0.4, -0.2) is 43.4 Å². The van der Waals surface area contributed by atoms with E-state index in [-0.39, 0.29) is 17.3 Å². The van der Waals surface area contributed by atoms with Gasteiger partial charge >= 0.3 is 0 Å². The molecule has 2 rings (SSSR count). The van der Waals surface area contributed by atoms with E-state index in [4.69, 9.17) is 14.2 Å². The number of hydrogen-bond acceptors (Lipinski definition) is 4. The number of ether oxygens (including phenoxy) is 3. The first-order valence-corrected chi connectivity index (χ1v) is 8.01. The van der Waals surface area contributed by atoms with Crippen molar-refractivity contribution in [1.82, 2.24) is 0 Å². The van der Waals surface area contributed by atoms with Crippen molar-refractivity contribution in [2.24, 2.45) is 5.92 Å². The van der Waals surface area contributed by atoms with Gasteiger partial charge in [0, 0.05) is 32.2 Å². The average molecular weight is 284 g/mol. The molecule has 0 radical (unpaired) electrons. The number of rotatable bonds is 6. The van der Waals surface area contributed by atoms with Gasteiger partial charge < -0.3 is 14.2 Å². The van der Waals surface area contributed by atoms with Crippen LogP contribution in [0, 0.1) is 5.92 Å². The van der Waals surface area contributed by atoms with E-state index >= 15 is 0 Å². The van der Waals surface area contributed by atoms with E-state index in [1.165, 1.54) is 0 Å². The molecule has 2 aliphatic rings. The highest BCUT2D eigenvalue weighted by molar-refractivity contribution is 5.89. The molecule has 2 heterocycles. The maximum atomic E-state index is 13.0. The van der Waals surface area contributed by atoms with Gasteiger partial charge in [-0.1, -0.05) is 13.8 Å². The largest absolute Gasteiger partial charge is 0.378 e. The molecule has 0 amide bonds. The zero-order chi connectivity index (χ0) is 14.6. The van der Waals surface area contributed by atoms with Crippen LogP contribution in [0.4, 0.5) is 0 Å². The summed E-state index contributed by atoms with van der Waals surface area (Å²) in [5.74, 6) is 0.329. The topological polar surface area (TPSA) is 44.8 Å². The summed E-state index contributed by atoms with van der Waals surface area (Å²) < 4.78 is 17.3. The normalized spacial score (nSPS) is 30.9. The Balaban J connectivity index is 2.10. The minimum Gasteiger partial charge on any atom is -0.378 e. The first kappa shape index (κ1) is 15.9. The third-order valence-corrected chi connectivity index (χ3v) is 4.94. The average Bonchev–Trinajstić information content (AvgIpc) is 2.92. The van der Waals surface area contributed by atoms with Gasteiger partial charge in [-0.05, 0) is 32.6 Å². The summed E-state index contributed by atoms with van der Waals surface area (Å²) in [6.45, 7) is 8.69. The van der Waals surface area contributed by atoms with E-state index in [0.717, 1.165) is 38.7 Å². The van der Waals surface area contributed by atoms with Crippen molar-refractivity contribution in [2.45, 2.75) is 64.1 Å². The zero-order valence-electron chi connectivity index (χ0n) is 13.1. The minimum absolute atomic E-state index is 0.0527.